The number of rotatable bonds is 1. The van der Waals surface area contributed by atoms with Crippen LogP contribution in [-0.2, 0) is 0 Å². The maximum atomic E-state index is 5.64. The fourth-order valence-electron chi connectivity index (χ4n) is 1.52. The molecule has 0 fully saturated rings. The molecule has 5 heteroatoms. The van der Waals surface area contributed by atoms with E-state index < -0.39 is 0 Å². The van der Waals surface area contributed by atoms with Gasteiger partial charge in [0.1, 0.15) is 5.82 Å². The summed E-state index contributed by atoms with van der Waals surface area (Å²) < 4.78 is 1.77. The van der Waals surface area contributed by atoms with E-state index in [1.807, 2.05) is 17.5 Å². The zero-order valence-electron chi connectivity index (χ0n) is 7.79. The molecule has 2 N–H and O–H groups in total. The Hall–Kier alpha value is -1.88. The Bertz CT molecular complexity index is 597. The molecule has 0 saturated heterocycles. The molecule has 0 atom stereocenters. The van der Waals surface area contributed by atoms with Crippen molar-refractivity contribution >= 4 is 22.8 Å². The van der Waals surface area contributed by atoms with E-state index in [1.165, 1.54) is 0 Å². The molecule has 0 radical (unpaired) electrons. The van der Waals surface area contributed by atoms with Gasteiger partial charge in [0.25, 0.3) is 0 Å². The van der Waals surface area contributed by atoms with Crippen LogP contribution in [0.3, 0.4) is 0 Å². The molecule has 3 aromatic rings. The van der Waals surface area contributed by atoms with Crippen molar-refractivity contribution in [2.75, 3.05) is 5.73 Å². The lowest BCUT2D eigenvalue weighted by Crippen LogP contribution is -1.94. The molecule has 0 bridgehead atoms. The van der Waals surface area contributed by atoms with E-state index in [2.05, 4.69) is 16.1 Å². The lowest BCUT2D eigenvalue weighted by atomic mass is 10.3. The number of nitrogens with zero attached hydrogens (tertiary/aromatic N) is 3. The Morgan fingerprint density at radius 1 is 1.33 bits per heavy atom. The minimum atomic E-state index is 0.492. The average Bonchev–Trinajstić information content (AvgIpc) is 2.82. The van der Waals surface area contributed by atoms with Crippen LogP contribution in [0.2, 0.25) is 0 Å². The lowest BCUT2D eigenvalue weighted by Gasteiger charge is -2.00. The predicted molar refractivity (Wildman–Crippen MR) is 60.7 cm³/mol. The van der Waals surface area contributed by atoms with Crippen LogP contribution >= 0.6 is 11.3 Å². The molecular weight excluding hydrogens is 208 g/mol. The third-order valence-electron chi connectivity index (χ3n) is 2.15. The molecule has 0 amide bonds. The van der Waals surface area contributed by atoms with Crippen molar-refractivity contribution in [3.05, 3.63) is 35.8 Å². The predicted octanol–water partition coefficient (Wildman–Crippen LogP) is 2.04. The van der Waals surface area contributed by atoms with Gasteiger partial charge in [-0.05, 0) is 17.5 Å². The number of hydrogen-bond acceptors (Lipinski definition) is 4. The number of nitrogen functional groups attached to an aromatic ring is 1. The highest BCUT2D eigenvalue weighted by atomic mass is 32.1. The normalized spacial score (nSPS) is 10.9. The number of thiophene rings is 1. The molecular formula is C10H8N4S. The lowest BCUT2D eigenvalue weighted by molar-refractivity contribution is 0.956. The second-order valence-corrected chi connectivity index (χ2v) is 4.09. The van der Waals surface area contributed by atoms with E-state index in [0.717, 1.165) is 16.2 Å². The van der Waals surface area contributed by atoms with E-state index in [1.54, 1.807) is 28.1 Å². The van der Waals surface area contributed by atoms with Crippen molar-refractivity contribution in [2.45, 2.75) is 0 Å². The molecule has 0 aromatic carbocycles. The molecule has 0 unspecified atom stereocenters. The Morgan fingerprint density at radius 3 is 3.07 bits per heavy atom. The number of anilines is 1. The molecule has 4 nitrogen and oxygen atoms in total. The first-order valence-corrected chi connectivity index (χ1v) is 5.37. The van der Waals surface area contributed by atoms with Gasteiger partial charge in [-0.15, -0.1) is 16.4 Å². The summed E-state index contributed by atoms with van der Waals surface area (Å²) in [5, 5.41) is 6.24. The van der Waals surface area contributed by atoms with E-state index in [9.17, 15) is 0 Å². The van der Waals surface area contributed by atoms with Crippen molar-refractivity contribution in [2.24, 2.45) is 0 Å². The summed E-state index contributed by atoms with van der Waals surface area (Å²) in [6.07, 6.45) is 1.77. The molecule has 3 aromatic heterocycles. The van der Waals surface area contributed by atoms with Gasteiger partial charge in [0, 0.05) is 12.3 Å². The molecule has 0 aliphatic rings. The molecule has 0 aliphatic carbocycles. The van der Waals surface area contributed by atoms with Gasteiger partial charge >= 0.3 is 0 Å². The van der Waals surface area contributed by atoms with Crippen LogP contribution in [0, 0.1) is 0 Å². The SMILES string of the molecule is Nc1cc2nccc(-c3cccs3)n2n1. The van der Waals surface area contributed by atoms with E-state index in [-0.39, 0.29) is 0 Å². The van der Waals surface area contributed by atoms with Crippen LogP contribution in [0.4, 0.5) is 5.82 Å². The van der Waals surface area contributed by atoms with Gasteiger partial charge in [0.2, 0.25) is 0 Å². The number of hydrogen-bond donors (Lipinski definition) is 1. The summed E-state index contributed by atoms with van der Waals surface area (Å²) in [7, 11) is 0. The first-order valence-electron chi connectivity index (χ1n) is 4.49. The van der Waals surface area contributed by atoms with Gasteiger partial charge in [-0.3, -0.25) is 0 Å². The number of aromatic nitrogens is 3. The Morgan fingerprint density at radius 2 is 2.27 bits per heavy atom. The van der Waals surface area contributed by atoms with Crippen LogP contribution in [0.15, 0.2) is 35.8 Å². The second-order valence-electron chi connectivity index (χ2n) is 3.15. The van der Waals surface area contributed by atoms with E-state index >= 15 is 0 Å². The van der Waals surface area contributed by atoms with Crippen molar-refractivity contribution in [1.29, 1.82) is 0 Å². The maximum Gasteiger partial charge on any atom is 0.157 e. The summed E-state index contributed by atoms with van der Waals surface area (Å²) in [4.78, 5) is 5.36. The Labute approximate surface area is 90.0 Å². The summed E-state index contributed by atoms with van der Waals surface area (Å²) in [5.74, 6) is 0.492. The molecule has 0 aliphatic heterocycles. The zero-order valence-corrected chi connectivity index (χ0v) is 8.61. The average molecular weight is 216 g/mol. The first kappa shape index (κ1) is 8.43. The molecule has 15 heavy (non-hydrogen) atoms. The van der Waals surface area contributed by atoms with Crippen molar-refractivity contribution in [1.82, 2.24) is 14.6 Å². The highest BCUT2D eigenvalue weighted by molar-refractivity contribution is 7.13. The third kappa shape index (κ3) is 1.28. The monoisotopic (exact) mass is 216 g/mol. The fraction of sp³-hybridized carbons (Fsp3) is 0. The van der Waals surface area contributed by atoms with E-state index in [0.29, 0.717) is 5.82 Å². The van der Waals surface area contributed by atoms with Crippen LogP contribution in [0.25, 0.3) is 16.2 Å². The van der Waals surface area contributed by atoms with Gasteiger partial charge in [-0.1, -0.05) is 6.07 Å². The number of nitrogens with two attached hydrogens (primary N) is 1. The topological polar surface area (TPSA) is 56.2 Å². The summed E-state index contributed by atoms with van der Waals surface area (Å²) in [6.45, 7) is 0. The third-order valence-corrected chi connectivity index (χ3v) is 3.04. The quantitative estimate of drug-likeness (QED) is 0.677. The van der Waals surface area contributed by atoms with Crippen molar-refractivity contribution < 1.29 is 0 Å². The molecule has 3 heterocycles. The smallest absolute Gasteiger partial charge is 0.157 e. The first-order chi connectivity index (χ1) is 7.34. The largest absolute Gasteiger partial charge is 0.382 e. The Balaban J connectivity index is 2.35. The fourth-order valence-corrected chi connectivity index (χ4v) is 2.26. The van der Waals surface area contributed by atoms with E-state index in [4.69, 9.17) is 5.73 Å². The molecule has 0 saturated carbocycles. The molecule has 0 spiro atoms. The van der Waals surface area contributed by atoms with Crippen LogP contribution in [0.5, 0.6) is 0 Å². The van der Waals surface area contributed by atoms with Crippen molar-refractivity contribution in [3.63, 3.8) is 0 Å². The molecule has 74 valence electrons. The van der Waals surface area contributed by atoms with Gasteiger partial charge in [-0.25, -0.2) is 9.50 Å². The summed E-state index contributed by atoms with van der Waals surface area (Å²) in [5.41, 5.74) is 7.44. The van der Waals surface area contributed by atoms with Crippen LogP contribution < -0.4 is 5.73 Å². The van der Waals surface area contributed by atoms with Crippen molar-refractivity contribution in [3.8, 4) is 10.6 Å². The molecule has 3 rings (SSSR count). The highest BCUT2D eigenvalue weighted by Gasteiger charge is 2.06. The second kappa shape index (κ2) is 3.06. The van der Waals surface area contributed by atoms with Crippen LogP contribution in [0.1, 0.15) is 0 Å². The Kier molecular flexibility index (Phi) is 1.72. The highest BCUT2D eigenvalue weighted by Crippen LogP contribution is 2.24. The zero-order chi connectivity index (χ0) is 10.3. The standard InChI is InChI=1S/C10H8N4S/c11-9-6-10-12-4-3-7(14(10)13-9)8-2-1-5-15-8/h1-6H,(H2,11,13). The van der Waals surface area contributed by atoms with Gasteiger partial charge in [-0.2, -0.15) is 0 Å². The maximum absolute atomic E-state index is 5.64. The minimum Gasteiger partial charge on any atom is -0.382 e. The van der Waals surface area contributed by atoms with Gasteiger partial charge in [0.15, 0.2) is 5.65 Å². The number of fused-ring (bicyclic) bond motifs is 1. The van der Waals surface area contributed by atoms with Gasteiger partial charge < -0.3 is 5.73 Å². The summed E-state index contributed by atoms with van der Waals surface area (Å²) >= 11 is 1.67. The summed E-state index contributed by atoms with van der Waals surface area (Å²) in [6, 6.07) is 7.76. The van der Waals surface area contributed by atoms with Gasteiger partial charge in [0.05, 0.1) is 10.6 Å². The van der Waals surface area contributed by atoms with Crippen LogP contribution in [-0.4, -0.2) is 14.6 Å². The minimum absolute atomic E-state index is 0.492.